The van der Waals surface area contributed by atoms with Crippen LogP contribution in [0.2, 0.25) is 0 Å². The van der Waals surface area contributed by atoms with E-state index in [9.17, 15) is 9.59 Å². The van der Waals surface area contributed by atoms with Gasteiger partial charge in [-0.3, -0.25) is 10.1 Å². The molecule has 0 radical (unpaired) electrons. The Balaban J connectivity index is 2.13. The zero-order valence-corrected chi connectivity index (χ0v) is 7.48. The van der Waals surface area contributed by atoms with Crippen molar-refractivity contribution in [1.82, 2.24) is 10.6 Å². The topological polar surface area (TPSA) is 58.2 Å². The van der Waals surface area contributed by atoms with Crippen LogP contribution in [0.5, 0.6) is 0 Å². The number of hydrogen-bond acceptors (Lipinski definition) is 2. The van der Waals surface area contributed by atoms with Gasteiger partial charge in [-0.05, 0) is 12.8 Å². The molecule has 0 bridgehead atoms. The molecule has 0 aromatic carbocycles. The Labute approximate surface area is 72.8 Å². The van der Waals surface area contributed by atoms with E-state index in [-0.39, 0.29) is 17.3 Å². The summed E-state index contributed by atoms with van der Waals surface area (Å²) in [7, 11) is 0. The maximum atomic E-state index is 10.8. The SMILES string of the molecule is O=C(CBr)NC(=O)NC1CC1. The van der Waals surface area contributed by atoms with Gasteiger partial charge >= 0.3 is 6.03 Å². The predicted octanol–water partition coefficient (Wildman–Crippen LogP) is 0.369. The number of halogens is 1. The predicted molar refractivity (Wildman–Crippen MR) is 43.5 cm³/mol. The molecule has 0 saturated heterocycles. The van der Waals surface area contributed by atoms with Gasteiger partial charge in [0, 0.05) is 6.04 Å². The van der Waals surface area contributed by atoms with Gasteiger partial charge in [0.1, 0.15) is 0 Å². The molecule has 3 amide bonds. The van der Waals surface area contributed by atoms with Gasteiger partial charge in [-0.1, -0.05) is 15.9 Å². The number of carbonyl (C=O) groups excluding carboxylic acids is 2. The Kier molecular flexibility index (Phi) is 2.87. The molecule has 11 heavy (non-hydrogen) atoms. The summed E-state index contributed by atoms with van der Waals surface area (Å²) >= 11 is 2.93. The van der Waals surface area contributed by atoms with Crippen molar-refractivity contribution in [2.45, 2.75) is 18.9 Å². The van der Waals surface area contributed by atoms with Gasteiger partial charge in [0.05, 0.1) is 5.33 Å². The van der Waals surface area contributed by atoms with Crippen LogP contribution in [0.1, 0.15) is 12.8 Å². The molecule has 0 aromatic rings. The summed E-state index contributed by atoms with van der Waals surface area (Å²) in [6.07, 6.45) is 2.05. The first-order chi connectivity index (χ1) is 5.22. The van der Waals surface area contributed by atoms with Crippen molar-refractivity contribution >= 4 is 27.9 Å². The van der Waals surface area contributed by atoms with Crippen LogP contribution >= 0.6 is 15.9 Å². The molecule has 0 atom stereocenters. The van der Waals surface area contributed by atoms with Crippen LogP contribution in [0.4, 0.5) is 4.79 Å². The zero-order valence-electron chi connectivity index (χ0n) is 5.89. The van der Waals surface area contributed by atoms with Crippen LogP contribution in [0.25, 0.3) is 0 Å². The van der Waals surface area contributed by atoms with E-state index in [4.69, 9.17) is 0 Å². The Morgan fingerprint density at radius 3 is 2.55 bits per heavy atom. The largest absolute Gasteiger partial charge is 0.335 e. The van der Waals surface area contributed by atoms with E-state index in [0.717, 1.165) is 12.8 Å². The average Bonchev–Trinajstić information content (AvgIpc) is 2.71. The molecule has 1 aliphatic rings. The van der Waals surface area contributed by atoms with Gasteiger partial charge in [0.25, 0.3) is 0 Å². The van der Waals surface area contributed by atoms with Crippen molar-refractivity contribution < 1.29 is 9.59 Å². The maximum Gasteiger partial charge on any atom is 0.321 e. The van der Waals surface area contributed by atoms with Crippen molar-refractivity contribution in [2.75, 3.05) is 5.33 Å². The van der Waals surface area contributed by atoms with Gasteiger partial charge in [-0.15, -0.1) is 0 Å². The number of urea groups is 1. The molecular formula is C6H9BrN2O2. The Morgan fingerprint density at radius 2 is 2.09 bits per heavy atom. The number of nitrogens with one attached hydrogen (secondary N) is 2. The highest BCUT2D eigenvalue weighted by atomic mass is 79.9. The molecule has 2 N–H and O–H groups in total. The lowest BCUT2D eigenvalue weighted by molar-refractivity contribution is -0.117. The number of amides is 3. The minimum absolute atomic E-state index is 0.158. The summed E-state index contributed by atoms with van der Waals surface area (Å²) in [5.41, 5.74) is 0. The van der Waals surface area contributed by atoms with Crippen LogP contribution in [0.15, 0.2) is 0 Å². The van der Waals surface area contributed by atoms with E-state index < -0.39 is 6.03 Å². The van der Waals surface area contributed by atoms with Crippen LogP contribution in [0, 0.1) is 0 Å². The second kappa shape index (κ2) is 3.71. The lowest BCUT2D eigenvalue weighted by atomic mass is 10.6. The quantitative estimate of drug-likeness (QED) is 0.662. The molecule has 62 valence electrons. The standard InChI is InChI=1S/C6H9BrN2O2/c7-3-5(10)9-6(11)8-4-1-2-4/h4H,1-3H2,(H2,8,9,10,11). The van der Waals surface area contributed by atoms with Gasteiger partial charge in [0.15, 0.2) is 0 Å². The summed E-state index contributed by atoms with van der Waals surface area (Å²) in [5, 5.41) is 4.95. The average molecular weight is 221 g/mol. The normalized spacial score (nSPS) is 15.7. The van der Waals surface area contributed by atoms with Crippen molar-refractivity contribution in [3.8, 4) is 0 Å². The molecule has 0 aliphatic heterocycles. The molecular weight excluding hydrogens is 212 g/mol. The summed E-state index contributed by atoms with van der Waals surface area (Å²) in [5.74, 6) is -0.317. The van der Waals surface area contributed by atoms with E-state index in [2.05, 4.69) is 26.6 Å². The number of carbonyl (C=O) groups is 2. The monoisotopic (exact) mass is 220 g/mol. The molecule has 1 saturated carbocycles. The third kappa shape index (κ3) is 3.36. The summed E-state index contributed by atoms with van der Waals surface area (Å²) in [6, 6.07) is -0.102. The van der Waals surface area contributed by atoms with E-state index in [1.165, 1.54) is 0 Å². The highest BCUT2D eigenvalue weighted by Gasteiger charge is 2.23. The number of rotatable bonds is 2. The second-order valence-electron chi connectivity index (χ2n) is 2.43. The molecule has 0 aromatic heterocycles. The summed E-state index contributed by atoms with van der Waals surface area (Å²) in [4.78, 5) is 21.4. The number of imide groups is 1. The fourth-order valence-electron chi connectivity index (χ4n) is 0.609. The third-order valence-corrected chi connectivity index (χ3v) is 1.80. The molecule has 0 heterocycles. The van der Waals surface area contributed by atoms with Crippen molar-refractivity contribution in [2.24, 2.45) is 0 Å². The molecule has 5 heteroatoms. The fraction of sp³-hybridized carbons (Fsp3) is 0.667. The summed E-state index contributed by atoms with van der Waals surface area (Å²) in [6.45, 7) is 0. The van der Waals surface area contributed by atoms with Crippen LogP contribution in [-0.2, 0) is 4.79 Å². The fourth-order valence-corrected chi connectivity index (χ4v) is 0.749. The minimum atomic E-state index is -0.392. The van der Waals surface area contributed by atoms with Crippen molar-refractivity contribution in [3.63, 3.8) is 0 Å². The van der Waals surface area contributed by atoms with E-state index in [0.29, 0.717) is 0 Å². The molecule has 1 rings (SSSR count). The van der Waals surface area contributed by atoms with Gasteiger partial charge in [0.2, 0.25) is 5.91 Å². The smallest absolute Gasteiger partial charge is 0.321 e. The van der Waals surface area contributed by atoms with Gasteiger partial charge in [-0.2, -0.15) is 0 Å². The second-order valence-corrected chi connectivity index (χ2v) is 2.99. The van der Waals surface area contributed by atoms with Gasteiger partial charge < -0.3 is 5.32 Å². The van der Waals surface area contributed by atoms with Crippen molar-refractivity contribution in [1.29, 1.82) is 0 Å². The molecule has 4 nitrogen and oxygen atoms in total. The van der Waals surface area contributed by atoms with Gasteiger partial charge in [-0.25, -0.2) is 4.79 Å². The molecule has 0 spiro atoms. The van der Waals surface area contributed by atoms with Crippen molar-refractivity contribution in [3.05, 3.63) is 0 Å². The lowest BCUT2D eigenvalue weighted by Gasteiger charge is -2.02. The Morgan fingerprint density at radius 1 is 1.45 bits per heavy atom. The highest BCUT2D eigenvalue weighted by Crippen LogP contribution is 2.18. The minimum Gasteiger partial charge on any atom is -0.335 e. The first-order valence-corrected chi connectivity index (χ1v) is 4.51. The van der Waals surface area contributed by atoms with Crippen LogP contribution in [0.3, 0.4) is 0 Å². The van der Waals surface area contributed by atoms with Crippen LogP contribution in [-0.4, -0.2) is 23.3 Å². The first-order valence-electron chi connectivity index (χ1n) is 3.38. The maximum absolute atomic E-state index is 10.8. The number of hydrogen-bond donors (Lipinski definition) is 2. The third-order valence-electron chi connectivity index (χ3n) is 1.29. The summed E-state index contributed by atoms with van der Waals surface area (Å²) < 4.78 is 0. The Bertz CT molecular complexity index is 179. The Hall–Kier alpha value is -0.580. The van der Waals surface area contributed by atoms with E-state index in [1.54, 1.807) is 0 Å². The van der Waals surface area contributed by atoms with E-state index >= 15 is 0 Å². The molecule has 0 unspecified atom stereocenters. The highest BCUT2D eigenvalue weighted by molar-refractivity contribution is 9.09. The zero-order chi connectivity index (χ0) is 8.27. The lowest BCUT2D eigenvalue weighted by Crippen LogP contribution is -2.40. The number of alkyl halides is 1. The molecule has 1 fully saturated rings. The van der Waals surface area contributed by atoms with E-state index in [1.807, 2.05) is 0 Å². The molecule has 1 aliphatic carbocycles. The van der Waals surface area contributed by atoms with Crippen LogP contribution < -0.4 is 10.6 Å². The first kappa shape index (κ1) is 8.52.